The van der Waals surface area contributed by atoms with Crippen molar-refractivity contribution >= 4 is 0 Å². The predicted molar refractivity (Wildman–Crippen MR) is 78.6 cm³/mol. The highest BCUT2D eigenvalue weighted by molar-refractivity contribution is 5.21. The summed E-state index contributed by atoms with van der Waals surface area (Å²) in [5, 5.41) is 0. The maximum atomic E-state index is 6.82. The smallest absolute Gasteiger partial charge is 0.0321 e. The standard InChI is InChI=1S/C17H30N2/c1-15-7-12-8-16(10-15,13-5-3-2-4-6-13)11-17(19,9-12)14(15)18/h12-14H,2-11,18-19H2,1H3. The van der Waals surface area contributed by atoms with Gasteiger partial charge in [-0.15, -0.1) is 0 Å². The van der Waals surface area contributed by atoms with Crippen LogP contribution in [0.1, 0.15) is 71.1 Å². The summed E-state index contributed by atoms with van der Waals surface area (Å²) in [6.07, 6.45) is 13.9. The Morgan fingerprint density at radius 1 is 0.947 bits per heavy atom. The first-order valence-electron chi connectivity index (χ1n) is 8.50. The topological polar surface area (TPSA) is 52.0 Å². The molecular formula is C17H30N2. The first kappa shape index (κ1) is 12.6. The third kappa shape index (κ3) is 1.62. The van der Waals surface area contributed by atoms with E-state index in [1.165, 1.54) is 64.2 Å². The van der Waals surface area contributed by atoms with Gasteiger partial charge in [0.1, 0.15) is 0 Å². The van der Waals surface area contributed by atoms with Crippen molar-refractivity contribution in [2.24, 2.45) is 34.1 Å². The summed E-state index contributed by atoms with van der Waals surface area (Å²) < 4.78 is 0. The molecule has 5 aliphatic carbocycles. The summed E-state index contributed by atoms with van der Waals surface area (Å²) in [4.78, 5) is 0. The van der Waals surface area contributed by atoms with Gasteiger partial charge in [-0.1, -0.05) is 26.2 Å². The molecule has 2 nitrogen and oxygen atoms in total. The molecule has 5 aliphatic rings. The van der Waals surface area contributed by atoms with Gasteiger partial charge >= 0.3 is 0 Å². The van der Waals surface area contributed by atoms with Crippen LogP contribution >= 0.6 is 0 Å². The van der Waals surface area contributed by atoms with Crippen molar-refractivity contribution in [2.75, 3.05) is 0 Å². The SMILES string of the molecule is CC12CC3CC(N)(CC(C4CCCCC4)(C3)C1)C2N. The molecule has 5 saturated carbocycles. The molecule has 0 amide bonds. The average Bonchev–Trinajstić information content (AvgIpc) is 2.36. The Bertz CT molecular complexity index is 365. The molecule has 0 aromatic rings. The molecule has 5 rings (SSSR count). The molecule has 19 heavy (non-hydrogen) atoms. The molecule has 5 unspecified atom stereocenters. The van der Waals surface area contributed by atoms with Gasteiger partial charge in [-0.05, 0) is 67.6 Å². The van der Waals surface area contributed by atoms with Crippen molar-refractivity contribution in [1.29, 1.82) is 0 Å². The lowest BCUT2D eigenvalue weighted by molar-refractivity contribution is -0.157. The summed E-state index contributed by atoms with van der Waals surface area (Å²) in [5.74, 6) is 1.83. The van der Waals surface area contributed by atoms with E-state index in [1.807, 2.05) is 0 Å². The van der Waals surface area contributed by atoms with Crippen LogP contribution in [0.3, 0.4) is 0 Å². The molecule has 4 bridgehead atoms. The van der Waals surface area contributed by atoms with E-state index in [4.69, 9.17) is 11.5 Å². The third-order valence-electron chi connectivity index (χ3n) is 7.40. The van der Waals surface area contributed by atoms with Crippen molar-refractivity contribution in [3.8, 4) is 0 Å². The first-order valence-corrected chi connectivity index (χ1v) is 8.50. The molecule has 108 valence electrons. The molecule has 2 heteroatoms. The van der Waals surface area contributed by atoms with Gasteiger partial charge in [0.15, 0.2) is 0 Å². The molecule has 0 aromatic carbocycles. The number of nitrogens with two attached hydrogens (primary N) is 2. The molecule has 0 radical (unpaired) electrons. The normalized spacial score (nSPS) is 57.6. The molecule has 0 spiro atoms. The molecule has 0 aliphatic heterocycles. The Hall–Kier alpha value is -0.0800. The van der Waals surface area contributed by atoms with E-state index in [9.17, 15) is 0 Å². The average molecular weight is 262 g/mol. The van der Waals surface area contributed by atoms with E-state index in [0.29, 0.717) is 10.8 Å². The van der Waals surface area contributed by atoms with Gasteiger partial charge in [0.05, 0.1) is 0 Å². The lowest BCUT2D eigenvalue weighted by Crippen LogP contribution is -2.75. The van der Waals surface area contributed by atoms with E-state index in [2.05, 4.69) is 6.92 Å². The van der Waals surface area contributed by atoms with E-state index >= 15 is 0 Å². The van der Waals surface area contributed by atoms with Crippen molar-refractivity contribution in [1.82, 2.24) is 0 Å². The zero-order chi connectivity index (χ0) is 13.3. The van der Waals surface area contributed by atoms with Gasteiger partial charge in [-0.25, -0.2) is 0 Å². The number of rotatable bonds is 1. The molecule has 0 aromatic heterocycles. The van der Waals surface area contributed by atoms with Gasteiger partial charge in [0, 0.05) is 11.6 Å². The van der Waals surface area contributed by atoms with E-state index in [1.54, 1.807) is 0 Å². The quantitative estimate of drug-likeness (QED) is 0.762. The monoisotopic (exact) mass is 262 g/mol. The van der Waals surface area contributed by atoms with Gasteiger partial charge in [0.2, 0.25) is 0 Å². The van der Waals surface area contributed by atoms with E-state index < -0.39 is 0 Å². The summed E-state index contributed by atoms with van der Waals surface area (Å²) in [6.45, 7) is 2.45. The fourth-order valence-electron chi connectivity index (χ4n) is 7.14. The van der Waals surface area contributed by atoms with E-state index in [0.717, 1.165) is 11.8 Å². The Kier molecular flexibility index (Phi) is 2.50. The molecule has 0 heterocycles. The van der Waals surface area contributed by atoms with Crippen LogP contribution in [0.4, 0.5) is 0 Å². The Labute approximate surface area is 117 Å². The third-order valence-corrected chi connectivity index (χ3v) is 7.40. The highest BCUT2D eigenvalue weighted by Crippen LogP contribution is 2.68. The van der Waals surface area contributed by atoms with Crippen molar-refractivity contribution in [3.63, 3.8) is 0 Å². The Morgan fingerprint density at radius 2 is 1.68 bits per heavy atom. The number of hydrogen-bond acceptors (Lipinski definition) is 2. The zero-order valence-electron chi connectivity index (χ0n) is 12.5. The minimum absolute atomic E-state index is 0.0361. The molecule has 4 N–H and O–H groups in total. The maximum Gasteiger partial charge on any atom is 0.0321 e. The van der Waals surface area contributed by atoms with Crippen LogP contribution in [0, 0.1) is 22.7 Å². The van der Waals surface area contributed by atoms with Crippen LogP contribution in [-0.2, 0) is 0 Å². The molecule has 0 saturated heterocycles. The van der Waals surface area contributed by atoms with Crippen LogP contribution in [-0.4, -0.2) is 11.6 Å². The van der Waals surface area contributed by atoms with Crippen LogP contribution in [0.15, 0.2) is 0 Å². The second-order valence-corrected chi connectivity index (χ2v) is 8.89. The van der Waals surface area contributed by atoms with Crippen molar-refractivity contribution in [2.45, 2.75) is 82.7 Å². The first-order chi connectivity index (χ1) is 8.96. The molecule has 5 atom stereocenters. The number of hydrogen-bond donors (Lipinski definition) is 2. The van der Waals surface area contributed by atoms with Gasteiger partial charge in [-0.2, -0.15) is 0 Å². The molecular weight excluding hydrogens is 232 g/mol. The van der Waals surface area contributed by atoms with Gasteiger partial charge in [0.25, 0.3) is 0 Å². The second-order valence-electron chi connectivity index (χ2n) is 8.89. The fourth-order valence-corrected chi connectivity index (χ4v) is 7.14. The Balaban J connectivity index is 1.71. The highest BCUT2D eigenvalue weighted by atomic mass is 14.9. The predicted octanol–water partition coefficient (Wildman–Crippen LogP) is 3.19. The molecule has 5 fully saturated rings. The summed E-state index contributed by atoms with van der Waals surface area (Å²) in [6, 6.07) is 0.244. The minimum Gasteiger partial charge on any atom is -0.326 e. The van der Waals surface area contributed by atoms with Crippen LogP contribution in [0.25, 0.3) is 0 Å². The van der Waals surface area contributed by atoms with E-state index in [-0.39, 0.29) is 11.6 Å². The largest absolute Gasteiger partial charge is 0.326 e. The summed E-state index contributed by atoms with van der Waals surface area (Å²) in [5.41, 5.74) is 14.3. The Morgan fingerprint density at radius 3 is 2.37 bits per heavy atom. The van der Waals surface area contributed by atoms with Crippen LogP contribution in [0.5, 0.6) is 0 Å². The zero-order valence-corrected chi connectivity index (χ0v) is 12.5. The lowest BCUT2D eigenvalue weighted by atomic mass is 9.38. The minimum atomic E-state index is -0.0361. The van der Waals surface area contributed by atoms with Gasteiger partial charge < -0.3 is 11.5 Å². The van der Waals surface area contributed by atoms with Gasteiger partial charge in [-0.3, -0.25) is 0 Å². The highest BCUT2D eigenvalue weighted by Gasteiger charge is 2.65. The fraction of sp³-hybridized carbons (Fsp3) is 1.00. The van der Waals surface area contributed by atoms with Crippen molar-refractivity contribution in [3.05, 3.63) is 0 Å². The second kappa shape index (κ2) is 3.76. The lowest BCUT2D eigenvalue weighted by Gasteiger charge is -2.70. The summed E-state index contributed by atoms with van der Waals surface area (Å²) in [7, 11) is 0. The van der Waals surface area contributed by atoms with Crippen molar-refractivity contribution < 1.29 is 0 Å². The maximum absolute atomic E-state index is 6.82. The van der Waals surface area contributed by atoms with Crippen LogP contribution in [0.2, 0.25) is 0 Å². The summed E-state index contributed by atoms with van der Waals surface area (Å²) >= 11 is 0. The van der Waals surface area contributed by atoms with Crippen LogP contribution < -0.4 is 11.5 Å².